The second-order valence-corrected chi connectivity index (χ2v) is 6.93. The van der Waals surface area contributed by atoms with Crippen molar-refractivity contribution in [3.05, 3.63) is 35.6 Å². The van der Waals surface area contributed by atoms with Crippen molar-refractivity contribution in [2.75, 3.05) is 32.7 Å². The fourth-order valence-electron chi connectivity index (χ4n) is 4.17. The van der Waals surface area contributed by atoms with Crippen LogP contribution in [-0.2, 0) is 10.2 Å². The van der Waals surface area contributed by atoms with Gasteiger partial charge in [0.2, 0.25) is 5.91 Å². The Kier molecular flexibility index (Phi) is 5.00. The molecule has 2 aliphatic rings. The zero-order valence-corrected chi connectivity index (χ0v) is 14.1. The van der Waals surface area contributed by atoms with Crippen molar-refractivity contribution in [2.24, 2.45) is 0 Å². The number of halogens is 1. The van der Waals surface area contributed by atoms with Crippen molar-refractivity contribution in [3.8, 4) is 0 Å². The van der Waals surface area contributed by atoms with Crippen LogP contribution in [0.4, 0.5) is 4.39 Å². The summed E-state index contributed by atoms with van der Waals surface area (Å²) in [7, 11) is 0. The minimum atomic E-state index is -0.416. The average Bonchev–Trinajstić information content (AvgIpc) is 3.07. The molecule has 0 atom stereocenters. The molecule has 0 N–H and O–H groups in total. The lowest BCUT2D eigenvalue weighted by Gasteiger charge is -2.40. The normalized spacial score (nSPS) is 21.6. The van der Waals surface area contributed by atoms with Gasteiger partial charge in [-0.1, -0.05) is 31.9 Å². The zero-order valence-electron chi connectivity index (χ0n) is 14.1. The van der Waals surface area contributed by atoms with Crippen LogP contribution in [0.1, 0.15) is 44.6 Å². The van der Waals surface area contributed by atoms with Gasteiger partial charge < -0.3 is 4.90 Å². The Hall–Kier alpha value is -1.42. The molecule has 23 heavy (non-hydrogen) atoms. The Morgan fingerprint density at radius 3 is 2.26 bits per heavy atom. The Labute approximate surface area is 138 Å². The number of hydrogen-bond acceptors (Lipinski definition) is 2. The summed E-state index contributed by atoms with van der Waals surface area (Å²) < 4.78 is 13.3. The summed E-state index contributed by atoms with van der Waals surface area (Å²) in [6.45, 7) is 6.90. The van der Waals surface area contributed by atoms with E-state index in [-0.39, 0.29) is 11.7 Å². The fraction of sp³-hybridized carbons (Fsp3) is 0.632. The number of nitrogens with zero attached hydrogens (tertiary/aromatic N) is 2. The van der Waals surface area contributed by atoms with E-state index < -0.39 is 5.41 Å². The van der Waals surface area contributed by atoms with Crippen molar-refractivity contribution >= 4 is 5.91 Å². The Morgan fingerprint density at radius 1 is 1.09 bits per heavy atom. The summed E-state index contributed by atoms with van der Waals surface area (Å²) in [5.74, 6) is 0.0280. The molecule has 1 amide bonds. The van der Waals surface area contributed by atoms with E-state index in [4.69, 9.17) is 0 Å². The molecule has 0 bridgehead atoms. The van der Waals surface area contributed by atoms with Crippen molar-refractivity contribution in [2.45, 2.75) is 44.4 Å². The lowest BCUT2D eigenvalue weighted by Crippen LogP contribution is -2.54. The molecule has 1 aromatic rings. The molecule has 2 fully saturated rings. The Bertz CT molecular complexity index is 529. The fourth-order valence-corrected chi connectivity index (χ4v) is 4.17. The highest BCUT2D eigenvalue weighted by Gasteiger charge is 2.45. The molecule has 1 aliphatic carbocycles. The number of hydrogen-bond donors (Lipinski definition) is 0. The molecule has 0 unspecified atom stereocenters. The van der Waals surface area contributed by atoms with Gasteiger partial charge in [-0.25, -0.2) is 4.39 Å². The van der Waals surface area contributed by atoms with Gasteiger partial charge in [-0.2, -0.15) is 0 Å². The predicted octanol–water partition coefficient (Wildman–Crippen LogP) is 3.19. The highest BCUT2D eigenvalue weighted by atomic mass is 19.1. The van der Waals surface area contributed by atoms with Gasteiger partial charge in [-0.3, -0.25) is 9.69 Å². The van der Waals surface area contributed by atoms with Gasteiger partial charge in [0.05, 0.1) is 5.41 Å². The third kappa shape index (κ3) is 3.27. The largest absolute Gasteiger partial charge is 0.339 e. The zero-order chi connectivity index (χ0) is 16.3. The van der Waals surface area contributed by atoms with Crippen LogP contribution in [0.3, 0.4) is 0 Å². The van der Waals surface area contributed by atoms with Crippen LogP contribution in [0.5, 0.6) is 0 Å². The molecule has 1 heterocycles. The number of rotatable bonds is 4. The number of piperazine rings is 1. The molecular weight excluding hydrogens is 291 g/mol. The maximum absolute atomic E-state index is 13.3. The number of carbonyl (C=O) groups excluding carboxylic acids is 1. The van der Waals surface area contributed by atoms with E-state index in [9.17, 15) is 9.18 Å². The molecule has 0 radical (unpaired) electrons. The van der Waals surface area contributed by atoms with Crippen LogP contribution >= 0.6 is 0 Å². The van der Waals surface area contributed by atoms with Crippen molar-refractivity contribution < 1.29 is 9.18 Å². The quantitative estimate of drug-likeness (QED) is 0.851. The SMILES string of the molecule is CCCN1CCN(C(=O)C2(c3ccc(F)cc3)CCCC2)CC1. The van der Waals surface area contributed by atoms with Gasteiger partial charge in [0.25, 0.3) is 0 Å². The predicted molar refractivity (Wildman–Crippen MR) is 89.9 cm³/mol. The Morgan fingerprint density at radius 2 is 1.70 bits per heavy atom. The van der Waals surface area contributed by atoms with Crippen molar-refractivity contribution in [3.63, 3.8) is 0 Å². The maximum Gasteiger partial charge on any atom is 0.233 e. The van der Waals surface area contributed by atoms with Crippen molar-refractivity contribution in [1.29, 1.82) is 0 Å². The van der Waals surface area contributed by atoms with Crippen LogP contribution in [-0.4, -0.2) is 48.4 Å². The summed E-state index contributed by atoms with van der Waals surface area (Å²) in [6, 6.07) is 6.60. The van der Waals surface area contributed by atoms with Gasteiger partial charge in [0, 0.05) is 26.2 Å². The molecule has 1 aromatic carbocycles. The molecule has 3 nitrogen and oxygen atoms in total. The first kappa shape index (κ1) is 16.4. The van der Waals surface area contributed by atoms with E-state index in [0.29, 0.717) is 0 Å². The van der Waals surface area contributed by atoms with E-state index >= 15 is 0 Å². The van der Waals surface area contributed by atoms with E-state index in [0.717, 1.165) is 70.4 Å². The van der Waals surface area contributed by atoms with Gasteiger partial charge in [-0.05, 0) is 43.5 Å². The van der Waals surface area contributed by atoms with Gasteiger partial charge in [0.15, 0.2) is 0 Å². The number of benzene rings is 1. The highest BCUT2D eigenvalue weighted by molar-refractivity contribution is 5.88. The molecule has 4 heteroatoms. The highest BCUT2D eigenvalue weighted by Crippen LogP contribution is 2.42. The lowest BCUT2D eigenvalue weighted by molar-refractivity contribution is -0.139. The minimum Gasteiger partial charge on any atom is -0.339 e. The smallest absolute Gasteiger partial charge is 0.233 e. The first-order chi connectivity index (χ1) is 11.2. The maximum atomic E-state index is 13.3. The Balaban J connectivity index is 1.76. The third-order valence-corrected chi connectivity index (χ3v) is 5.46. The number of carbonyl (C=O) groups is 1. The van der Waals surface area contributed by atoms with Crippen LogP contribution < -0.4 is 0 Å². The molecule has 1 saturated heterocycles. The summed E-state index contributed by atoms with van der Waals surface area (Å²) in [6.07, 6.45) is 5.12. The topological polar surface area (TPSA) is 23.6 Å². The summed E-state index contributed by atoms with van der Waals surface area (Å²) in [4.78, 5) is 17.8. The average molecular weight is 318 g/mol. The molecule has 0 aromatic heterocycles. The molecular formula is C19H27FN2O. The van der Waals surface area contributed by atoms with Crippen LogP contribution in [0.25, 0.3) is 0 Å². The third-order valence-electron chi connectivity index (χ3n) is 5.46. The lowest BCUT2D eigenvalue weighted by atomic mass is 9.77. The second-order valence-electron chi connectivity index (χ2n) is 6.93. The van der Waals surface area contributed by atoms with E-state index in [2.05, 4.69) is 11.8 Å². The van der Waals surface area contributed by atoms with E-state index in [1.807, 2.05) is 17.0 Å². The molecule has 3 rings (SSSR count). The summed E-state index contributed by atoms with van der Waals surface area (Å²) >= 11 is 0. The van der Waals surface area contributed by atoms with Gasteiger partial charge in [-0.15, -0.1) is 0 Å². The summed E-state index contributed by atoms with van der Waals surface area (Å²) in [5.41, 5.74) is 0.582. The summed E-state index contributed by atoms with van der Waals surface area (Å²) in [5, 5.41) is 0. The molecule has 1 aliphatic heterocycles. The van der Waals surface area contributed by atoms with E-state index in [1.165, 1.54) is 12.1 Å². The van der Waals surface area contributed by atoms with Crippen LogP contribution in [0, 0.1) is 5.82 Å². The van der Waals surface area contributed by atoms with Gasteiger partial charge in [0.1, 0.15) is 5.82 Å². The first-order valence-corrected chi connectivity index (χ1v) is 8.93. The number of amides is 1. The van der Waals surface area contributed by atoms with Crippen LogP contribution in [0.2, 0.25) is 0 Å². The molecule has 1 saturated carbocycles. The second kappa shape index (κ2) is 7.00. The van der Waals surface area contributed by atoms with Crippen LogP contribution in [0.15, 0.2) is 24.3 Å². The van der Waals surface area contributed by atoms with Crippen molar-refractivity contribution in [1.82, 2.24) is 9.80 Å². The monoisotopic (exact) mass is 318 g/mol. The minimum absolute atomic E-state index is 0.234. The molecule has 0 spiro atoms. The standard InChI is InChI=1S/C19H27FN2O/c1-2-11-21-12-14-22(15-13-21)18(23)19(9-3-4-10-19)16-5-7-17(20)8-6-16/h5-8H,2-4,9-15H2,1H3. The van der Waals surface area contributed by atoms with E-state index in [1.54, 1.807) is 0 Å². The molecule has 126 valence electrons. The first-order valence-electron chi connectivity index (χ1n) is 8.93. The van der Waals surface area contributed by atoms with Gasteiger partial charge >= 0.3 is 0 Å².